The first-order chi connectivity index (χ1) is 14.1. The fraction of sp³-hybridized carbons (Fsp3) is 0.222. The van der Waals surface area contributed by atoms with E-state index in [-0.39, 0.29) is 16.1 Å². The molecule has 12 heteroatoms. The van der Waals surface area contributed by atoms with Crippen LogP contribution in [0.2, 0.25) is 0 Å². The highest BCUT2D eigenvalue weighted by Gasteiger charge is 2.30. The van der Waals surface area contributed by atoms with Crippen molar-refractivity contribution in [2.75, 3.05) is 25.6 Å². The molecule has 0 unspecified atom stereocenters. The van der Waals surface area contributed by atoms with E-state index >= 15 is 0 Å². The number of alkyl halides is 3. The smallest absolute Gasteiger partial charge is 0.416 e. The number of halogens is 3. The Morgan fingerprint density at radius 2 is 1.73 bits per heavy atom. The van der Waals surface area contributed by atoms with Gasteiger partial charge in [0.15, 0.2) is 6.61 Å². The molecule has 0 saturated heterocycles. The van der Waals surface area contributed by atoms with Gasteiger partial charge in [0, 0.05) is 5.56 Å². The van der Waals surface area contributed by atoms with Crippen molar-refractivity contribution in [2.45, 2.75) is 6.18 Å². The standard InChI is InChI=1S/C18H15F3N2O6S/c1-28-17(27)15-12(6-7-30-15)23-13(24)9-29-14(25)8-22-16(26)10-2-4-11(5-3-10)18(19,20)21/h2-7H,8-9H2,1H3,(H,22,26)(H,23,24). The highest BCUT2D eigenvalue weighted by atomic mass is 32.1. The van der Waals surface area contributed by atoms with Gasteiger partial charge in [0.2, 0.25) is 0 Å². The molecule has 2 amide bonds. The van der Waals surface area contributed by atoms with Gasteiger partial charge in [0.25, 0.3) is 11.8 Å². The van der Waals surface area contributed by atoms with Crippen LogP contribution >= 0.6 is 11.3 Å². The van der Waals surface area contributed by atoms with Crippen LogP contribution in [-0.4, -0.2) is 44.0 Å². The molecule has 1 aromatic carbocycles. The Bertz CT molecular complexity index is 940. The van der Waals surface area contributed by atoms with Gasteiger partial charge in [-0.25, -0.2) is 4.79 Å². The number of esters is 2. The van der Waals surface area contributed by atoms with E-state index in [1.54, 1.807) is 5.38 Å². The predicted molar refractivity (Wildman–Crippen MR) is 99.0 cm³/mol. The van der Waals surface area contributed by atoms with Crippen LogP contribution in [0, 0.1) is 0 Å². The summed E-state index contributed by atoms with van der Waals surface area (Å²) in [6.45, 7) is -1.27. The zero-order chi connectivity index (χ0) is 22.3. The number of carbonyl (C=O) groups is 4. The van der Waals surface area contributed by atoms with E-state index in [1.807, 2.05) is 0 Å². The second-order valence-corrected chi connectivity index (χ2v) is 6.54. The van der Waals surface area contributed by atoms with Crippen molar-refractivity contribution in [1.82, 2.24) is 5.32 Å². The quantitative estimate of drug-likeness (QED) is 0.635. The summed E-state index contributed by atoms with van der Waals surface area (Å²) in [6.07, 6.45) is -4.53. The Balaban J connectivity index is 1.78. The number of nitrogens with one attached hydrogen (secondary N) is 2. The van der Waals surface area contributed by atoms with Crippen LogP contribution in [0.25, 0.3) is 0 Å². The maximum atomic E-state index is 12.5. The molecule has 0 radical (unpaired) electrons. The topological polar surface area (TPSA) is 111 Å². The van der Waals surface area contributed by atoms with Crippen molar-refractivity contribution in [3.63, 3.8) is 0 Å². The lowest BCUT2D eigenvalue weighted by Crippen LogP contribution is -2.32. The number of thiophene rings is 1. The van der Waals surface area contributed by atoms with Gasteiger partial charge in [0.05, 0.1) is 18.4 Å². The summed E-state index contributed by atoms with van der Waals surface area (Å²) in [7, 11) is 1.19. The molecule has 1 heterocycles. The Morgan fingerprint density at radius 3 is 2.33 bits per heavy atom. The third-order valence-electron chi connectivity index (χ3n) is 3.54. The lowest BCUT2D eigenvalue weighted by atomic mass is 10.1. The van der Waals surface area contributed by atoms with Crippen LogP contribution in [0.5, 0.6) is 0 Å². The van der Waals surface area contributed by atoms with Crippen LogP contribution in [0.15, 0.2) is 35.7 Å². The Labute approximate surface area is 172 Å². The van der Waals surface area contributed by atoms with Crippen molar-refractivity contribution < 1.29 is 41.8 Å². The number of ether oxygens (including phenoxy) is 2. The molecule has 0 aliphatic carbocycles. The molecule has 30 heavy (non-hydrogen) atoms. The number of benzene rings is 1. The molecule has 2 rings (SSSR count). The predicted octanol–water partition coefficient (Wildman–Crippen LogP) is 2.47. The molecule has 0 atom stereocenters. The summed E-state index contributed by atoms with van der Waals surface area (Å²) in [5.41, 5.74) is -0.796. The summed E-state index contributed by atoms with van der Waals surface area (Å²) < 4.78 is 46.8. The van der Waals surface area contributed by atoms with Crippen molar-refractivity contribution in [3.05, 3.63) is 51.7 Å². The molecule has 2 aromatic rings. The number of hydrogen-bond donors (Lipinski definition) is 2. The number of hydrogen-bond acceptors (Lipinski definition) is 7. The fourth-order valence-electron chi connectivity index (χ4n) is 2.11. The molecule has 1 aromatic heterocycles. The first-order valence-corrected chi connectivity index (χ1v) is 9.06. The number of rotatable bonds is 7. The lowest BCUT2D eigenvalue weighted by Gasteiger charge is -2.09. The van der Waals surface area contributed by atoms with Crippen LogP contribution in [0.1, 0.15) is 25.6 Å². The second-order valence-electron chi connectivity index (χ2n) is 5.62. The van der Waals surface area contributed by atoms with E-state index in [0.29, 0.717) is 0 Å². The van der Waals surface area contributed by atoms with Gasteiger partial charge < -0.3 is 20.1 Å². The normalized spacial score (nSPS) is 10.8. The molecule has 2 N–H and O–H groups in total. The molecular weight excluding hydrogens is 429 g/mol. The van der Waals surface area contributed by atoms with E-state index in [2.05, 4.69) is 15.4 Å². The third kappa shape index (κ3) is 6.30. The molecule has 0 spiro atoms. The molecule has 0 aliphatic heterocycles. The molecule has 0 saturated carbocycles. The maximum Gasteiger partial charge on any atom is 0.416 e. The van der Waals surface area contributed by atoms with E-state index in [0.717, 1.165) is 35.6 Å². The monoisotopic (exact) mass is 444 g/mol. The highest BCUT2D eigenvalue weighted by Crippen LogP contribution is 2.29. The Morgan fingerprint density at radius 1 is 1.07 bits per heavy atom. The van der Waals surface area contributed by atoms with Crippen molar-refractivity contribution in [1.29, 1.82) is 0 Å². The van der Waals surface area contributed by atoms with Gasteiger partial charge >= 0.3 is 18.1 Å². The minimum atomic E-state index is -4.53. The number of amides is 2. The minimum Gasteiger partial charge on any atom is -0.465 e. The van der Waals surface area contributed by atoms with Crippen LogP contribution < -0.4 is 10.6 Å². The average Bonchev–Trinajstić information content (AvgIpc) is 3.17. The van der Waals surface area contributed by atoms with Gasteiger partial charge in [-0.1, -0.05) is 0 Å². The first-order valence-electron chi connectivity index (χ1n) is 8.18. The van der Waals surface area contributed by atoms with Crippen LogP contribution in [0.4, 0.5) is 18.9 Å². The van der Waals surface area contributed by atoms with E-state index < -0.39 is 48.6 Å². The van der Waals surface area contributed by atoms with Crippen molar-refractivity contribution in [2.24, 2.45) is 0 Å². The third-order valence-corrected chi connectivity index (χ3v) is 4.44. The maximum absolute atomic E-state index is 12.5. The van der Waals surface area contributed by atoms with Gasteiger partial charge in [-0.3, -0.25) is 14.4 Å². The van der Waals surface area contributed by atoms with E-state index in [4.69, 9.17) is 4.74 Å². The van der Waals surface area contributed by atoms with Crippen LogP contribution in [0.3, 0.4) is 0 Å². The minimum absolute atomic E-state index is 0.0821. The summed E-state index contributed by atoms with van der Waals surface area (Å²) >= 11 is 1.05. The van der Waals surface area contributed by atoms with Crippen LogP contribution in [-0.2, 0) is 25.2 Å². The van der Waals surface area contributed by atoms with Gasteiger partial charge in [-0.05, 0) is 35.7 Å². The number of anilines is 1. The average molecular weight is 444 g/mol. The van der Waals surface area contributed by atoms with Crippen molar-refractivity contribution >= 4 is 40.8 Å². The Hall–Kier alpha value is -3.41. The summed E-state index contributed by atoms with van der Waals surface area (Å²) in [4.78, 5) is 47.1. The molecule has 8 nitrogen and oxygen atoms in total. The lowest BCUT2D eigenvalue weighted by molar-refractivity contribution is -0.146. The Kier molecular flexibility index (Phi) is 7.53. The molecular formula is C18H15F3N2O6S. The zero-order valence-electron chi connectivity index (χ0n) is 15.4. The van der Waals surface area contributed by atoms with Gasteiger partial charge in [-0.2, -0.15) is 13.2 Å². The largest absolute Gasteiger partial charge is 0.465 e. The SMILES string of the molecule is COC(=O)c1sccc1NC(=O)COC(=O)CNC(=O)c1ccc(C(F)(F)F)cc1. The first kappa shape index (κ1) is 22.9. The second kappa shape index (κ2) is 9.87. The van der Waals surface area contributed by atoms with Gasteiger partial charge in [-0.15, -0.1) is 11.3 Å². The molecule has 160 valence electrons. The summed E-state index contributed by atoms with van der Waals surface area (Å²) in [5.74, 6) is -3.08. The summed E-state index contributed by atoms with van der Waals surface area (Å²) in [5, 5.41) is 6.12. The molecule has 0 bridgehead atoms. The molecule has 0 fully saturated rings. The zero-order valence-corrected chi connectivity index (χ0v) is 16.2. The number of carbonyl (C=O) groups excluding carboxylic acids is 4. The van der Waals surface area contributed by atoms with Crippen molar-refractivity contribution in [3.8, 4) is 0 Å². The summed E-state index contributed by atoms with van der Waals surface area (Å²) in [6, 6.07) is 4.89. The van der Waals surface area contributed by atoms with E-state index in [9.17, 15) is 32.3 Å². The van der Waals surface area contributed by atoms with Gasteiger partial charge in [0.1, 0.15) is 11.4 Å². The highest BCUT2D eigenvalue weighted by molar-refractivity contribution is 7.12. The molecule has 0 aliphatic rings. The van der Waals surface area contributed by atoms with E-state index in [1.165, 1.54) is 13.2 Å². The fourth-order valence-corrected chi connectivity index (χ4v) is 2.87. The number of methoxy groups -OCH3 is 1.